The molecule has 1 aliphatic carbocycles. The molecular weight excluding hydrogens is 408 g/mol. The zero-order valence-electron chi connectivity index (χ0n) is 11.3. The molecule has 0 aromatic heterocycles. The van der Waals surface area contributed by atoms with Crippen molar-refractivity contribution in [3.63, 3.8) is 0 Å². The number of ether oxygens (including phenoxy) is 1. The van der Waals surface area contributed by atoms with E-state index in [1.165, 1.54) is 6.26 Å². The van der Waals surface area contributed by atoms with Crippen molar-refractivity contribution in [2.24, 2.45) is 0 Å². The highest BCUT2D eigenvalue weighted by Gasteiger charge is 2.30. The molecule has 0 radical (unpaired) electrons. The monoisotopic (exact) mass is 424 g/mol. The predicted octanol–water partition coefficient (Wildman–Crippen LogP) is 4.08. The summed E-state index contributed by atoms with van der Waals surface area (Å²) in [6.45, 7) is 0. The largest absolute Gasteiger partial charge is 0.489 e. The van der Waals surface area contributed by atoms with Gasteiger partial charge in [0.15, 0.2) is 0 Å². The van der Waals surface area contributed by atoms with Gasteiger partial charge in [-0.3, -0.25) is 0 Å². The molecule has 3 nitrogen and oxygen atoms in total. The van der Waals surface area contributed by atoms with Crippen LogP contribution in [0.5, 0.6) is 5.75 Å². The van der Waals surface area contributed by atoms with Gasteiger partial charge in [0.25, 0.3) is 0 Å². The molecule has 0 N–H and O–H groups in total. The average molecular weight is 426 g/mol. The lowest BCUT2D eigenvalue weighted by Crippen LogP contribution is -2.33. The summed E-state index contributed by atoms with van der Waals surface area (Å²) in [7, 11) is -2.98. The van der Waals surface area contributed by atoms with Crippen molar-refractivity contribution in [1.82, 2.24) is 0 Å². The lowest BCUT2D eigenvalue weighted by Gasteiger charge is -2.29. The Morgan fingerprint density at radius 2 is 2.10 bits per heavy atom. The number of benzene rings is 1. The van der Waals surface area contributed by atoms with Crippen molar-refractivity contribution in [1.29, 1.82) is 0 Å². The molecule has 0 heterocycles. The molecule has 1 aromatic rings. The van der Waals surface area contributed by atoms with E-state index >= 15 is 0 Å². The second kappa shape index (κ2) is 6.79. The van der Waals surface area contributed by atoms with Crippen LogP contribution in [0.4, 0.5) is 0 Å². The third-order valence-corrected chi connectivity index (χ3v) is 6.53. The van der Waals surface area contributed by atoms with Gasteiger partial charge in [0.05, 0.1) is 9.72 Å². The Hall–Kier alpha value is -0.0700. The van der Waals surface area contributed by atoms with Gasteiger partial charge in [-0.25, -0.2) is 8.42 Å². The summed E-state index contributed by atoms with van der Waals surface area (Å²) in [5.41, 5.74) is 1.07. The molecule has 0 aliphatic heterocycles. The molecule has 0 bridgehead atoms. The summed E-state index contributed by atoms with van der Waals surface area (Å²) >= 11 is 6.96. The zero-order chi connectivity index (χ0) is 14.8. The van der Waals surface area contributed by atoms with Crippen LogP contribution in [0.25, 0.3) is 0 Å². The molecule has 20 heavy (non-hydrogen) atoms. The van der Waals surface area contributed by atoms with Gasteiger partial charge in [-0.2, -0.15) is 0 Å². The molecule has 0 saturated heterocycles. The first-order valence-electron chi connectivity index (χ1n) is 6.60. The number of para-hydroxylation sites is 1. The molecule has 1 fully saturated rings. The summed E-state index contributed by atoms with van der Waals surface area (Å²) in [5.74, 6) is 0.823. The molecular formula is C14H18Br2O3S. The first kappa shape index (κ1) is 16.3. The van der Waals surface area contributed by atoms with Gasteiger partial charge in [0.1, 0.15) is 21.7 Å². The number of rotatable bonds is 4. The van der Waals surface area contributed by atoms with Gasteiger partial charge in [0, 0.05) is 23.6 Å². The standard InChI is InChI=1S/C14H18Br2O3S/c1-20(17,18)12-6-3-5-11(8-12)19-14-10(9-15)4-2-7-13(14)16/h2,4,7,11-12H,3,5-6,8-9H2,1H3. The van der Waals surface area contributed by atoms with E-state index in [1.54, 1.807) is 0 Å². The fraction of sp³-hybridized carbons (Fsp3) is 0.571. The average Bonchev–Trinajstić information content (AvgIpc) is 2.40. The summed E-state index contributed by atoms with van der Waals surface area (Å²) in [4.78, 5) is 0. The van der Waals surface area contributed by atoms with Crippen LogP contribution in [0.1, 0.15) is 31.2 Å². The molecule has 0 amide bonds. The number of hydrogen-bond donors (Lipinski definition) is 0. The SMILES string of the molecule is CS(=O)(=O)C1CCCC(Oc2c(Br)cccc2CBr)C1. The van der Waals surface area contributed by atoms with Crippen molar-refractivity contribution < 1.29 is 13.2 Å². The van der Waals surface area contributed by atoms with Crippen molar-refractivity contribution in [2.75, 3.05) is 6.26 Å². The Bertz CT molecular complexity index is 572. The molecule has 1 aromatic carbocycles. The van der Waals surface area contributed by atoms with Crippen LogP contribution in [-0.2, 0) is 15.2 Å². The minimum Gasteiger partial charge on any atom is -0.489 e. The van der Waals surface area contributed by atoms with Gasteiger partial charge in [-0.05, 0) is 41.3 Å². The van der Waals surface area contributed by atoms with Gasteiger partial charge >= 0.3 is 0 Å². The fourth-order valence-electron chi connectivity index (χ4n) is 2.56. The van der Waals surface area contributed by atoms with Crippen LogP contribution in [0, 0.1) is 0 Å². The summed E-state index contributed by atoms with van der Waals surface area (Å²) in [5, 5.41) is 0.445. The molecule has 2 atom stereocenters. The molecule has 1 saturated carbocycles. The lowest BCUT2D eigenvalue weighted by molar-refractivity contribution is 0.154. The van der Waals surface area contributed by atoms with E-state index in [1.807, 2.05) is 18.2 Å². The zero-order valence-corrected chi connectivity index (χ0v) is 15.3. The first-order chi connectivity index (χ1) is 9.41. The summed E-state index contributed by atoms with van der Waals surface area (Å²) in [6.07, 6.45) is 4.44. The molecule has 6 heteroatoms. The van der Waals surface area contributed by atoms with Crippen LogP contribution < -0.4 is 4.74 Å². The van der Waals surface area contributed by atoms with Crippen molar-refractivity contribution >= 4 is 41.7 Å². The van der Waals surface area contributed by atoms with E-state index in [4.69, 9.17) is 4.74 Å². The summed E-state index contributed by atoms with van der Waals surface area (Å²) in [6, 6.07) is 5.91. The van der Waals surface area contributed by atoms with Crippen LogP contribution in [-0.4, -0.2) is 26.0 Å². The highest BCUT2D eigenvalue weighted by molar-refractivity contribution is 9.10. The molecule has 1 aliphatic rings. The van der Waals surface area contributed by atoms with E-state index in [0.29, 0.717) is 11.8 Å². The third kappa shape index (κ3) is 3.98. The van der Waals surface area contributed by atoms with Gasteiger partial charge in [-0.1, -0.05) is 28.1 Å². The second-order valence-corrected chi connectivity index (χ2v) is 8.96. The van der Waals surface area contributed by atoms with Crippen molar-refractivity contribution in [3.8, 4) is 5.75 Å². The molecule has 2 unspecified atom stereocenters. The van der Waals surface area contributed by atoms with Crippen molar-refractivity contribution in [3.05, 3.63) is 28.2 Å². The topological polar surface area (TPSA) is 43.4 Å². The quantitative estimate of drug-likeness (QED) is 0.682. The molecule has 112 valence electrons. The van der Waals surface area contributed by atoms with E-state index in [2.05, 4.69) is 31.9 Å². The normalized spacial score (nSPS) is 23.6. The van der Waals surface area contributed by atoms with Crippen LogP contribution in [0.2, 0.25) is 0 Å². The minimum absolute atomic E-state index is 0.0278. The maximum Gasteiger partial charge on any atom is 0.150 e. The molecule has 2 rings (SSSR count). The second-order valence-electron chi connectivity index (χ2n) is 5.22. The Morgan fingerprint density at radius 1 is 1.35 bits per heavy atom. The predicted molar refractivity (Wildman–Crippen MR) is 88.3 cm³/mol. The van der Waals surface area contributed by atoms with E-state index in [0.717, 1.165) is 35.0 Å². The third-order valence-electron chi connectivity index (χ3n) is 3.66. The lowest BCUT2D eigenvalue weighted by atomic mass is 9.97. The highest BCUT2D eigenvalue weighted by atomic mass is 79.9. The Kier molecular flexibility index (Phi) is 5.54. The van der Waals surface area contributed by atoms with E-state index in [-0.39, 0.29) is 11.4 Å². The van der Waals surface area contributed by atoms with Gasteiger partial charge < -0.3 is 4.74 Å². The number of sulfone groups is 1. The highest BCUT2D eigenvalue weighted by Crippen LogP contribution is 2.34. The summed E-state index contributed by atoms with van der Waals surface area (Å²) < 4.78 is 30.4. The van der Waals surface area contributed by atoms with E-state index in [9.17, 15) is 8.42 Å². The Morgan fingerprint density at radius 3 is 2.75 bits per heavy atom. The van der Waals surface area contributed by atoms with E-state index < -0.39 is 9.84 Å². The maximum atomic E-state index is 11.7. The Balaban J connectivity index is 2.14. The Labute approximate surface area is 137 Å². The van der Waals surface area contributed by atoms with Gasteiger partial charge in [-0.15, -0.1) is 0 Å². The number of halogens is 2. The van der Waals surface area contributed by atoms with Crippen molar-refractivity contribution in [2.45, 2.75) is 42.4 Å². The molecule has 0 spiro atoms. The minimum atomic E-state index is -2.98. The number of alkyl halides is 1. The number of hydrogen-bond acceptors (Lipinski definition) is 3. The van der Waals surface area contributed by atoms with Crippen LogP contribution in [0.3, 0.4) is 0 Å². The van der Waals surface area contributed by atoms with Crippen LogP contribution in [0.15, 0.2) is 22.7 Å². The maximum absolute atomic E-state index is 11.7. The first-order valence-corrected chi connectivity index (χ1v) is 10.5. The van der Waals surface area contributed by atoms with Gasteiger partial charge in [0.2, 0.25) is 0 Å². The smallest absolute Gasteiger partial charge is 0.150 e. The van der Waals surface area contributed by atoms with Crippen LogP contribution >= 0.6 is 31.9 Å². The fourth-order valence-corrected chi connectivity index (χ4v) is 4.66.